The maximum atomic E-state index is 13.5. The normalized spacial score (nSPS) is 19.6. The monoisotopic (exact) mass is 716 g/mol. The molecule has 0 spiro atoms. The van der Waals surface area contributed by atoms with Gasteiger partial charge in [-0.15, -0.1) is 0 Å². The van der Waals surface area contributed by atoms with Crippen LogP contribution in [0.2, 0.25) is 0 Å². The minimum absolute atomic E-state index is 0.0510. The van der Waals surface area contributed by atoms with Gasteiger partial charge >= 0.3 is 0 Å². The van der Waals surface area contributed by atoms with E-state index in [-0.39, 0.29) is 68.5 Å². The number of nitrogens with zero attached hydrogens (tertiary/aromatic N) is 3. The van der Waals surface area contributed by atoms with Gasteiger partial charge in [0.1, 0.15) is 18.1 Å². The molecule has 1 aliphatic heterocycles. The van der Waals surface area contributed by atoms with Gasteiger partial charge in [-0.25, -0.2) is 0 Å². The van der Waals surface area contributed by atoms with E-state index in [0.717, 1.165) is 6.07 Å². The molecule has 1 heterocycles. The lowest BCUT2D eigenvalue weighted by Crippen LogP contribution is -2.56. The predicted molar refractivity (Wildman–Crippen MR) is 168 cm³/mol. The number of amides is 4. The highest BCUT2D eigenvalue weighted by atomic mass is 127. The van der Waals surface area contributed by atoms with Crippen molar-refractivity contribution in [3.05, 3.63) is 31.4 Å². The van der Waals surface area contributed by atoms with Gasteiger partial charge in [0.25, 0.3) is 11.6 Å². The van der Waals surface area contributed by atoms with Crippen LogP contribution in [0.15, 0.2) is 22.1 Å². The topological polar surface area (TPSA) is 314 Å². The number of non-ortho nitro benzene ring substituents is 1. The first-order valence-corrected chi connectivity index (χ1v) is 14.4. The molecule has 43 heavy (non-hydrogen) atoms. The molecule has 0 aromatic heterocycles. The second kappa shape index (κ2) is 16.9. The Kier molecular flexibility index (Phi) is 13.6. The van der Waals surface area contributed by atoms with E-state index in [1.165, 1.54) is 6.07 Å². The van der Waals surface area contributed by atoms with E-state index in [0.29, 0.717) is 22.1 Å². The number of fused-ring (bicyclic) bond motifs is 1. The Labute approximate surface area is 260 Å². The van der Waals surface area contributed by atoms with E-state index < -0.39 is 46.7 Å². The number of anilines is 1. The summed E-state index contributed by atoms with van der Waals surface area (Å²) in [6.45, 7) is 0.542. The summed E-state index contributed by atoms with van der Waals surface area (Å²) in [5, 5.41) is 22.5. The lowest BCUT2D eigenvalue weighted by atomic mass is 10.1. The number of benzene rings is 1. The zero-order chi connectivity index (χ0) is 32.1. The van der Waals surface area contributed by atoms with Crippen LogP contribution in [0.3, 0.4) is 0 Å². The van der Waals surface area contributed by atoms with Gasteiger partial charge in [0.05, 0.1) is 16.2 Å². The summed E-state index contributed by atoms with van der Waals surface area (Å²) in [6.07, 6.45) is 1.16. The summed E-state index contributed by atoms with van der Waals surface area (Å²) in [5.74, 6) is -3.22. The van der Waals surface area contributed by atoms with Crippen molar-refractivity contribution in [2.45, 2.75) is 56.7 Å². The number of carbonyl (C=O) groups is 4. The van der Waals surface area contributed by atoms with E-state index in [1.807, 2.05) is 22.6 Å². The summed E-state index contributed by atoms with van der Waals surface area (Å²) in [7, 11) is 0. The SMILES string of the molecule is NC(=O)[C@@H]1CCCNc2c(I)cc([N+](=O)[O-])cc2C(=O)N[C@@H](CCCN=C(N)N)C(=O)N[C@@H](CCCN=C(N)N)C(=O)N1. The van der Waals surface area contributed by atoms with Crippen molar-refractivity contribution in [1.82, 2.24) is 16.0 Å². The second-order valence-corrected chi connectivity index (χ2v) is 10.8. The molecule has 14 N–H and O–H groups in total. The number of primary amides is 1. The molecular weight excluding hydrogens is 679 g/mol. The third-order valence-electron chi connectivity index (χ3n) is 6.31. The lowest BCUT2D eigenvalue weighted by molar-refractivity contribution is -0.384. The average Bonchev–Trinajstić information content (AvgIpc) is 2.92. The van der Waals surface area contributed by atoms with Crippen molar-refractivity contribution >= 4 is 69.5 Å². The molecule has 236 valence electrons. The number of aliphatic imine (C=N–C) groups is 2. The summed E-state index contributed by atoms with van der Waals surface area (Å²) >= 11 is 1.86. The van der Waals surface area contributed by atoms with Gasteiger partial charge in [0, 0.05) is 35.3 Å². The van der Waals surface area contributed by atoms with E-state index in [4.69, 9.17) is 28.7 Å². The van der Waals surface area contributed by atoms with Gasteiger partial charge in [-0.1, -0.05) is 0 Å². The zero-order valence-electron chi connectivity index (χ0n) is 23.3. The van der Waals surface area contributed by atoms with E-state index >= 15 is 0 Å². The zero-order valence-corrected chi connectivity index (χ0v) is 25.5. The summed E-state index contributed by atoms with van der Waals surface area (Å²) in [5.41, 5.74) is 26.9. The van der Waals surface area contributed by atoms with Crippen LogP contribution < -0.4 is 49.9 Å². The molecule has 1 aromatic carbocycles. The Balaban J connectivity index is 2.51. The third kappa shape index (κ3) is 11.4. The molecule has 0 saturated heterocycles. The fraction of sp³-hybridized carbons (Fsp3) is 0.500. The first kappa shape index (κ1) is 34.8. The molecule has 4 amide bonds. The van der Waals surface area contributed by atoms with Crippen LogP contribution in [0.1, 0.15) is 48.9 Å². The smallest absolute Gasteiger partial charge is 0.271 e. The highest BCUT2D eigenvalue weighted by Crippen LogP contribution is 2.29. The lowest BCUT2D eigenvalue weighted by Gasteiger charge is -2.24. The molecule has 0 aliphatic carbocycles. The largest absolute Gasteiger partial charge is 0.384 e. The van der Waals surface area contributed by atoms with Gasteiger partial charge < -0.3 is 49.9 Å². The van der Waals surface area contributed by atoms with Crippen molar-refractivity contribution in [1.29, 1.82) is 0 Å². The first-order chi connectivity index (χ1) is 20.3. The van der Waals surface area contributed by atoms with E-state index in [9.17, 15) is 29.3 Å². The summed E-state index contributed by atoms with van der Waals surface area (Å²) in [6, 6.07) is -0.986. The molecule has 0 bridgehead atoms. The molecule has 0 radical (unpaired) electrons. The van der Waals surface area contributed by atoms with Crippen molar-refractivity contribution in [3.63, 3.8) is 0 Å². The average molecular weight is 717 g/mol. The first-order valence-electron chi connectivity index (χ1n) is 13.3. The Morgan fingerprint density at radius 1 is 0.930 bits per heavy atom. The Bertz CT molecular complexity index is 1270. The molecule has 1 aromatic rings. The molecule has 3 atom stereocenters. The number of carbonyl (C=O) groups excluding carboxylic acids is 4. The third-order valence-corrected chi connectivity index (χ3v) is 7.16. The Hall–Kier alpha value is -4.43. The van der Waals surface area contributed by atoms with Crippen LogP contribution in [0.5, 0.6) is 0 Å². The number of nitro benzene ring substituents is 1. The highest BCUT2D eigenvalue weighted by Gasteiger charge is 2.30. The van der Waals surface area contributed by atoms with Crippen LogP contribution in [0.4, 0.5) is 11.4 Å². The van der Waals surface area contributed by atoms with Gasteiger partial charge in [-0.2, -0.15) is 0 Å². The van der Waals surface area contributed by atoms with Gasteiger partial charge in [-0.05, 0) is 61.1 Å². The molecule has 0 fully saturated rings. The molecule has 18 nitrogen and oxygen atoms in total. The molecule has 19 heteroatoms. The van der Waals surface area contributed by atoms with Gasteiger partial charge in [0.2, 0.25) is 17.7 Å². The van der Waals surface area contributed by atoms with Crippen LogP contribution in [-0.2, 0) is 14.4 Å². The minimum atomic E-state index is -1.20. The highest BCUT2D eigenvalue weighted by molar-refractivity contribution is 14.1. The standard InChI is InChI=1S/C24H37IN12O6/c25-14-11-12(37(42)43)10-13-18(14)31-7-1-4-15(19(26)38)34-21(40)17(6-3-9-33-24(29)30)36-22(41)16(35-20(13)39)5-2-8-32-23(27)28/h10-11,15-17,31H,1-9H2,(H2,26,38)(H,34,40)(H,35,39)(H,36,41)(H4,27,28,32)(H4,29,30,33)/t15-,16-,17-/m0/s1. The van der Waals surface area contributed by atoms with Crippen molar-refractivity contribution in [3.8, 4) is 0 Å². The Morgan fingerprint density at radius 3 is 2.02 bits per heavy atom. The molecule has 2 rings (SSSR count). The fourth-order valence-corrected chi connectivity index (χ4v) is 4.99. The van der Waals surface area contributed by atoms with Crippen molar-refractivity contribution < 1.29 is 24.1 Å². The maximum Gasteiger partial charge on any atom is 0.271 e. The summed E-state index contributed by atoms with van der Waals surface area (Å²) < 4.78 is 0.385. The number of nitro groups is 1. The predicted octanol–water partition coefficient (Wildman–Crippen LogP) is -1.93. The van der Waals surface area contributed by atoms with E-state index in [1.54, 1.807) is 0 Å². The minimum Gasteiger partial charge on any atom is -0.384 e. The molecular formula is C24H37IN12O6. The van der Waals surface area contributed by atoms with Crippen LogP contribution in [-0.4, -0.2) is 78.2 Å². The van der Waals surface area contributed by atoms with Crippen LogP contribution in [0, 0.1) is 13.7 Å². The number of hydrogen-bond donors (Lipinski definition) is 9. The van der Waals surface area contributed by atoms with E-state index in [2.05, 4.69) is 31.3 Å². The Morgan fingerprint density at radius 2 is 1.49 bits per heavy atom. The van der Waals surface area contributed by atoms with Crippen LogP contribution in [0.25, 0.3) is 0 Å². The van der Waals surface area contributed by atoms with Crippen molar-refractivity contribution in [2.75, 3.05) is 25.0 Å². The molecule has 1 aliphatic rings. The van der Waals surface area contributed by atoms with Crippen LogP contribution >= 0.6 is 22.6 Å². The summed E-state index contributed by atoms with van der Waals surface area (Å²) in [4.78, 5) is 71.1. The van der Waals surface area contributed by atoms with Gasteiger partial charge in [0.15, 0.2) is 11.9 Å². The number of halogens is 1. The number of guanidine groups is 2. The quantitative estimate of drug-likeness (QED) is 0.0321. The second-order valence-electron chi connectivity index (χ2n) is 9.62. The number of hydrogen-bond acceptors (Lipinski definition) is 9. The number of nitrogens with two attached hydrogens (primary N) is 5. The van der Waals surface area contributed by atoms with Crippen molar-refractivity contribution in [2.24, 2.45) is 38.7 Å². The number of nitrogens with one attached hydrogen (secondary N) is 4. The maximum absolute atomic E-state index is 13.5. The fourth-order valence-electron chi connectivity index (χ4n) is 4.19. The van der Waals surface area contributed by atoms with Gasteiger partial charge in [-0.3, -0.25) is 39.3 Å². The molecule has 0 unspecified atom stereocenters. The number of rotatable bonds is 10. The molecule has 0 saturated carbocycles.